The van der Waals surface area contributed by atoms with Crippen LogP contribution in [0.4, 0.5) is 8.78 Å². The SMILES string of the molecule is CC1(C)[C@H]2CC[C@]1(c1cncc(C(=O)N[C@H]3C[C@@H](O)C3)n1)c1nnc(-c3c(F)cccc3F)cc12. The van der Waals surface area contributed by atoms with E-state index in [1.54, 1.807) is 12.3 Å². The minimum absolute atomic E-state index is 0.0660. The zero-order valence-corrected chi connectivity index (χ0v) is 19.4. The van der Waals surface area contributed by atoms with Gasteiger partial charge in [0.1, 0.15) is 17.3 Å². The molecule has 3 aliphatic carbocycles. The van der Waals surface area contributed by atoms with E-state index >= 15 is 0 Å². The maximum Gasteiger partial charge on any atom is 0.271 e. The van der Waals surface area contributed by atoms with E-state index in [-0.39, 0.29) is 46.3 Å². The third-order valence-electron chi connectivity index (χ3n) is 8.35. The molecule has 0 saturated heterocycles. The van der Waals surface area contributed by atoms with E-state index < -0.39 is 17.0 Å². The molecule has 2 heterocycles. The molecule has 0 aliphatic heterocycles. The molecule has 2 saturated carbocycles. The average Bonchev–Trinajstić information content (AvgIpc) is 3.19. The molecule has 3 aromatic rings. The lowest BCUT2D eigenvalue weighted by atomic mass is 9.66. The molecule has 35 heavy (non-hydrogen) atoms. The quantitative estimate of drug-likeness (QED) is 0.595. The van der Waals surface area contributed by atoms with Gasteiger partial charge in [-0.15, -0.1) is 5.10 Å². The summed E-state index contributed by atoms with van der Waals surface area (Å²) in [6.45, 7) is 4.28. The lowest BCUT2D eigenvalue weighted by molar-refractivity contribution is 0.0560. The number of hydrogen-bond acceptors (Lipinski definition) is 6. The first-order valence-electron chi connectivity index (χ1n) is 11.9. The highest BCUT2D eigenvalue weighted by Crippen LogP contribution is 2.69. The third-order valence-corrected chi connectivity index (χ3v) is 8.35. The maximum atomic E-state index is 14.5. The van der Waals surface area contributed by atoms with Crippen LogP contribution in [0.1, 0.15) is 72.9 Å². The standard InChI is InChI=1S/C26H25F2N5O2/c1-25(2)16-6-7-26(25,21-12-29-11-20(31-21)24(35)30-13-8-14(34)9-13)23-15(16)10-19(32-33-23)22-17(27)4-3-5-18(22)28/h3-5,10-14,16,34H,6-9H2,1-2H3,(H,30,35)/t13-,14+,16-,26-/m0/s1. The van der Waals surface area contributed by atoms with E-state index in [0.717, 1.165) is 24.1 Å². The number of hydrogen-bond donors (Lipinski definition) is 2. The Morgan fingerprint density at radius 3 is 2.60 bits per heavy atom. The van der Waals surface area contributed by atoms with Gasteiger partial charge in [-0.05, 0) is 60.8 Å². The fraction of sp³-hybridized carbons (Fsp3) is 0.423. The zero-order valence-electron chi connectivity index (χ0n) is 19.4. The normalized spacial score (nSPS) is 27.9. The van der Waals surface area contributed by atoms with Crippen LogP contribution in [0.25, 0.3) is 11.3 Å². The molecule has 180 valence electrons. The van der Waals surface area contributed by atoms with Crippen molar-refractivity contribution in [3.63, 3.8) is 0 Å². The van der Waals surface area contributed by atoms with Crippen molar-refractivity contribution < 1.29 is 18.7 Å². The smallest absolute Gasteiger partial charge is 0.271 e. The van der Waals surface area contributed by atoms with Crippen molar-refractivity contribution in [1.82, 2.24) is 25.5 Å². The summed E-state index contributed by atoms with van der Waals surface area (Å²) in [5.41, 5.74) is 1.53. The number of nitrogens with zero attached hydrogens (tertiary/aromatic N) is 4. The number of aliphatic hydroxyl groups is 1. The zero-order chi connectivity index (χ0) is 24.5. The summed E-state index contributed by atoms with van der Waals surface area (Å²) in [5, 5.41) is 21.2. The highest BCUT2D eigenvalue weighted by molar-refractivity contribution is 5.92. The fourth-order valence-corrected chi connectivity index (χ4v) is 6.40. The van der Waals surface area contributed by atoms with Gasteiger partial charge in [0.15, 0.2) is 0 Å². The Morgan fingerprint density at radius 1 is 1.14 bits per heavy atom. The number of fused-ring (bicyclic) bond motifs is 5. The van der Waals surface area contributed by atoms with E-state index in [9.17, 15) is 18.7 Å². The number of nitrogens with one attached hydrogen (secondary N) is 1. The monoisotopic (exact) mass is 477 g/mol. The number of aliphatic hydroxyl groups excluding tert-OH is 1. The van der Waals surface area contributed by atoms with Gasteiger partial charge in [0.05, 0.1) is 40.4 Å². The summed E-state index contributed by atoms with van der Waals surface area (Å²) >= 11 is 0. The average molecular weight is 478 g/mol. The van der Waals surface area contributed by atoms with Crippen LogP contribution in [-0.4, -0.2) is 43.3 Å². The van der Waals surface area contributed by atoms with Crippen LogP contribution in [-0.2, 0) is 5.41 Å². The van der Waals surface area contributed by atoms with Crippen molar-refractivity contribution in [2.75, 3.05) is 0 Å². The van der Waals surface area contributed by atoms with Gasteiger partial charge in [0.25, 0.3) is 5.91 Å². The topological polar surface area (TPSA) is 101 Å². The molecule has 2 N–H and O–H groups in total. The second-order valence-electron chi connectivity index (χ2n) is 10.4. The molecule has 2 fully saturated rings. The van der Waals surface area contributed by atoms with Gasteiger partial charge < -0.3 is 10.4 Å². The van der Waals surface area contributed by atoms with E-state index in [0.29, 0.717) is 18.5 Å². The van der Waals surface area contributed by atoms with Crippen LogP contribution < -0.4 is 5.32 Å². The molecule has 2 atom stereocenters. The molecular weight excluding hydrogens is 452 g/mol. The fourth-order valence-electron chi connectivity index (χ4n) is 6.40. The number of carbonyl (C=O) groups is 1. The molecule has 3 aliphatic rings. The van der Waals surface area contributed by atoms with Crippen molar-refractivity contribution in [3.05, 3.63) is 70.9 Å². The second kappa shape index (κ2) is 7.58. The Labute approximate surface area is 201 Å². The van der Waals surface area contributed by atoms with Gasteiger partial charge in [0, 0.05) is 12.2 Å². The van der Waals surface area contributed by atoms with Crippen LogP contribution in [0.15, 0.2) is 36.7 Å². The molecule has 0 unspecified atom stereocenters. The number of rotatable bonds is 4. The van der Waals surface area contributed by atoms with Gasteiger partial charge in [-0.3, -0.25) is 9.78 Å². The minimum atomic E-state index is -0.681. The molecule has 0 radical (unpaired) electrons. The van der Waals surface area contributed by atoms with Crippen LogP contribution >= 0.6 is 0 Å². The number of aromatic nitrogens is 4. The first-order valence-corrected chi connectivity index (χ1v) is 11.9. The Bertz CT molecular complexity index is 1340. The number of halogens is 2. The van der Waals surface area contributed by atoms with Crippen molar-refractivity contribution in [2.24, 2.45) is 5.41 Å². The van der Waals surface area contributed by atoms with Gasteiger partial charge in [-0.1, -0.05) is 19.9 Å². The predicted octanol–water partition coefficient (Wildman–Crippen LogP) is 3.67. The van der Waals surface area contributed by atoms with Crippen molar-refractivity contribution in [1.29, 1.82) is 0 Å². The van der Waals surface area contributed by atoms with Crippen molar-refractivity contribution in [3.8, 4) is 11.3 Å². The maximum absolute atomic E-state index is 14.5. The summed E-state index contributed by atoms with van der Waals surface area (Å²) in [4.78, 5) is 21.9. The lowest BCUT2D eigenvalue weighted by Gasteiger charge is -2.37. The van der Waals surface area contributed by atoms with E-state index in [1.165, 1.54) is 24.4 Å². The highest BCUT2D eigenvalue weighted by atomic mass is 19.1. The molecule has 0 spiro atoms. The van der Waals surface area contributed by atoms with Crippen LogP contribution in [0.3, 0.4) is 0 Å². The Hall–Kier alpha value is -3.33. The summed E-state index contributed by atoms with van der Waals surface area (Å²) in [6.07, 6.45) is 5.42. The van der Waals surface area contributed by atoms with Crippen LogP contribution in [0.5, 0.6) is 0 Å². The molecule has 6 rings (SSSR count). The lowest BCUT2D eigenvalue weighted by Crippen LogP contribution is -2.47. The van der Waals surface area contributed by atoms with Gasteiger partial charge in [-0.2, -0.15) is 5.10 Å². The van der Waals surface area contributed by atoms with Crippen molar-refractivity contribution in [2.45, 2.75) is 63.0 Å². The number of amides is 1. The van der Waals surface area contributed by atoms with Crippen LogP contribution in [0, 0.1) is 17.0 Å². The van der Waals surface area contributed by atoms with Crippen LogP contribution in [0.2, 0.25) is 0 Å². The molecular formula is C26H25F2N5O2. The van der Waals surface area contributed by atoms with E-state index in [4.69, 9.17) is 4.98 Å². The Morgan fingerprint density at radius 2 is 1.89 bits per heavy atom. The molecule has 2 bridgehead atoms. The minimum Gasteiger partial charge on any atom is -0.393 e. The number of benzene rings is 1. The van der Waals surface area contributed by atoms with E-state index in [1.807, 2.05) is 0 Å². The Balaban J connectivity index is 1.42. The van der Waals surface area contributed by atoms with Crippen molar-refractivity contribution >= 4 is 5.91 Å². The summed E-state index contributed by atoms with van der Waals surface area (Å²) in [7, 11) is 0. The van der Waals surface area contributed by atoms with Gasteiger partial charge in [-0.25, -0.2) is 13.8 Å². The molecule has 7 nitrogen and oxygen atoms in total. The molecule has 9 heteroatoms. The molecule has 1 amide bonds. The third kappa shape index (κ3) is 3.07. The molecule has 1 aromatic carbocycles. The largest absolute Gasteiger partial charge is 0.393 e. The summed E-state index contributed by atoms with van der Waals surface area (Å²) in [6, 6.07) is 5.43. The summed E-state index contributed by atoms with van der Waals surface area (Å²) < 4.78 is 28.9. The highest BCUT2D eigenvalue weighted by Gasteiger charge is 2.65. The first-order chi connectivity index (χ1) is 16.7. The predicted molar refractivity (Wildman–Crippen MR) is 122 cm³/mol. The number of carbonyl (C=O) groups excluding carboxylic acids is 1. The first kappa shape index (κ1) is 22.2. The summed E-state index contributed by atoms with van der Waals surface area (Å²) in [5.74, 6) is -1.59. The van der Waals surface area contributed by atoms with E-state index in [2.05, 4.69) is 34.3 Å². The van der Waals surface area contributed by atoms with Gasteiger partial charge >= 0.3 is 0 Å². The molecule has 2 aromatic heterocycles. The van der Waals surface area contributed by atoms with Gasteiger partial charge in [0.2, 0.25) is 0 Å². The Kier molecular flexibility index (Phi) is 4.80. The second-order valence-corrected chi connectivity index (χ2v) is 10.4.